The van der Waals surface area contributed by atoms with Gasteiger partial charge in [0.15, 0.2) is 5.65 Å². The number of likely N-dealkylation sites (tertiary alicyclic amines) is 1. The Morgan fingerprint density at radius 2 is 1.88 bits per heavy atom. The van der Waals surface area contributed by atoms with Crippen LogP contribution in [0.1, 0.15) is 34.8 Å². The van der Waals surface area contributed by atoms with E-state index in [0.717, 1.165) is 24.2 Å². The normalized spacial score (nSPS) is 15.8. The van der Waals surface area contributed by atoms with Crippen molar-refractivity contribution in [2.24, 2.45) is 0 Å². The van der Waals surface area contributed by atoms with Crippen LogP contribution in [-0.2, 0) is 0 Å². The van der Waals surface area contributed by atoms with Gasteiger partial charge in [0, 0.05) is 37.0 Å². The first-order valence-corrected chi connectivity index (χ1v) is 8.06. The molecule has 0 bridgehead atoms. The van der Waals surface area contributed by atoms with E-state index >= 15 is 0 Å². The van der Waals surface area contributed by atoms with Crippen LogP contribution in [0.2, 0.25) is 0 Å². The summed E-state index contributed by atoms with van der Waals surface area (Å²) >= 11 is 0. The maximum absolute atomic E-state index is 13.8. The average Bonchev–Trinajstić information content (AvgIpc) is 3.10. The van der Waals surface area contributed by atoms with E-state index in [4.69, 9.17) is 0 Å². The molecule has 0 N–H and O–H groups in total. The predicted octanol–water partition coefficient (Wildman–Crippen LogP) is 2.89. The second-order valence-electron chi connectivity index (χ2n) is 6.02. The number of rotatable bonds is 2. The SMILES string of the molecule is O=C(c1ccccc1F)N1CCC(c2ccnc3ccnn23)CC1. The Hall–Kier alpha value is -2.76. The Bertz CT molecular complexity index is 883. The number of carbonyl (C=O) groups excluding carboxylic acids is 1. The summed E-state index contributed by atoms with van der Waals surface area (Å²) in [5, 5.41) is 4.33. The highest BCUT2D eigenvalue weighted by atomic mass is 19.1. The number of aromatic nitrogens is 3. The zero-order valence-electron chi connectivity index (χ0n) is 13.1. The molecular formula is C18H17FN4O. The molecule has 4 rings (SSSR count). The average molecular weight is 324 g/mol. The van der Waals surface area contributed by atoms with E-state index in [9.17, 15) is 9.18 Å². The van der Waals surface area contributed by atoms with Crippen LogP contribution in [0.4, 0.5) is 4.39 Å². The van der Waals surface area contributed by atoms with Crippen LogP contribution in [0, 0.1) is 5.82 Å². The zero-order chi connectivity index (χ0) is 16.5. The summed E-state index contributed by atoms with van der Waals surface area (Å²) < 4.78 is 15.7. The first-order valence-electron chi connectivity index (χ1n) is 8.06. The number of hydrogen-bond acceptors (Lipinski definition) is 3. The van der Waals surface area contributed by atoms with Gasteiger partial charge in [-0.1, -0.05) is 12.1 Å². The Labute approximate surface area is 138 Å². The molecule has 0 spiro atoms. The minimum Gasteiger partial charge on any atom is -0.339 e. The first kappa shape index (κ1) is 14.8. The summed E-state index contributed by atoms with van der Waals surface area (Å²) in [6.07, 6.45) is 5.20. The number of hydrogen-bond donors (Lipinski definition) is 0. The van der Waals surface area contributed by atoms with Gasteiger partial charge in [-0.05, 0) is 31.0 Å². The molecule has 24 heavy (non-hydrogen) atoms. The van der Waals surface area contributed by atoms with E-state index in [2.05, 4.69) is 10.1 Å². The fourth-order valence-corrected chi connectivity index (χ4v) is 3.35. The van der Waals surface area contributed by atoms with Gasteiger partial charge < -0.3 is 4.90 Å². The van der Waals surface area contributed by atoms with Gasteiger partial charge in [-0.25, -0.2) is 13.9 Å². The molecule has 0 saturated carbocycles. The summed E-state index contributed by atoms with van der Waals surface area (Å²) in [7, 11) is 0. The van der Waals surface area contributed by atoms with Crippen LogP contribution in [-0.4, -0.2) is 38.5 Å². The Balaban J connectivity index is 1.50. The zero-order valence-corrected chi connectivity index (χ0v) is 13.1. The molecule has 1 amide bonds. The van der Waals surface area contributed by atoms with Crippen molar-refractivity contribution in [1.82, 2.24) is 19.5 Å². The number of nitrogens with zero attached hydrogens (tertiary/aromatic N) is 4. The molecule has 6 heteroatoms. The highest BCUT2D eigenvalue weighted by molar-refractivity contribution is 5.94. The van der Waals surface area contributed by atoms with E-state index in [1.807, 2.05) is 16.6 Å². The lowest BCUT2D eigenvalue weighted by Crippen LogP contribution is -2.38. The predicted molar refractivity (Wildman–Crippen MR) is 87.3 cm³/mol. The van der Waals surface area contributed by atoms with Crippen LogP contribution >= 0.6 is 0 Å². The second-order valence-corrected chi connectivity index (χ2v) is 6.02. The smallest absolute Gasteiger partial charge is 0.256 e. The van der Waals surface area contributed by atoms with Crippen molar-refractivity contribution in [2.45, 2.75) is 18.8 Å². The lowest BCUT2D eigenvalue weighted by atomic mass is 9.93. The van der Waals surface area contributed by atoms with Crippen molar-refractivity contribution in [3.63, 3.8) is 0 Å². The monoisotopic (exact) mass is 324 g/mol. The molecular weight excluding hydrogens is 307 g/mol. The Morgan fingerprint density at radius 3 is 2.67 bits per heavy atom. The van der Waals surface area contributed by atoms with Gasteiger partial charge in [0.2, 0.25) is 0 Å². The topological polar surface area (TPSA) is 50.5 Å². The molecule has 0 unspecified atom stereocenters. The summed E-state index contributed by atoms with van der Waals surface area (Å²) in [5.74, 6) is -0.373. The molecule has 2 aromatic heterocycles. The number of fused-ring (bicyclic) bond motifs is 1. The molecule has 0 aliphatic carbocycles. The molecule has 1 saturated heterocycles. The molecule has 5 nitrogen and oxygen atoms in total. The third kappa shape index (κ3) is 2.54. The van der Waals surface area contributed by atoms with Gasteiger partial charge in [0.25, 0.3) is 5.91 Å². The number of amides is 1. The van der Waals surface area contributed by atoms with Crippen molar-refractivity contribution >= 4 is 11.6 Å². The molecule has 122 valence electrons. The minimum absolute atomic E-state index is 0.148. The Kier molecular flexibility index (Phi) is 3.72. The standard InChI is InChI=1S/C18H17FN4O/c19-15-4-2-1-3-14(15)18(24)22-11-7-13(8-12-22)16-5-9-20-17-6-10-21-23(16)17/h1-6,9-10,13H,7-8,11-12H2. The lowest BCUT2D eigenvalue weighted by molar-refractivity contribution is 0.0707. The Morgan fingerprint density at radius 1 is 1.08 bits per heavy atom. The summed E-state index contributed by atoms with van der Waals surface area (Å²) in [5.41, 5.74) is 2.09. The van der Waals surface area contributed by atoms with E-state index in [-0.39, 0.29) is 11.5 Å². The maximum Gasteiger partial charge on any atom is 0.256 e. The summed E-state index contributed by atoms with van der Waals surface area (Å²) in [6, 6.07) is 10.0. The van der Waals surface area contributed by atoms with E-state index in [1.54, 1.807) is 35.5 Å². The van der Waals surface area contributed by atoms with Gasteiger partial charge in [-0.15, -0.1) is 0 Å². The number of halogens is 1. The van der Waals surface area contributed by atoms with Crippen LogP contribution in [0.25, 0.3) is 5.65 Å². The molecule has 1 aliphatic heterocycles. The number of benzene rings is 1. The second kappa shape index (κ2) is 6.03. The van der Waals surface area contributed by atoms with E-state index in [1.165, 1.54) is 6.07 Å². The van der Waals surface area contributed by atoms with Crippen molar-refractivity contribution < 1.29 is 9.18 Å². The van der Waals surface area contributed by atoms with E-state index in [0.29, 0.717) is 19.0 Å². The fraction of sp³-hybridized carbons (Fsp3) is 0.278. The summed E-state index contributed by atoms with van der Waals surface area (Å²) in [4.78, 5) is 18.5. The van der Waals surface area contributed by atoms with Gasteiger partial charge in [-0.3, -0.25) is 4.79 Å². The molecule has 1 aliphatic rings. The van der Waals surface area contributed by atoms with Crippen LogP contribution in [0.5, 0.6) is 0 Å². The number of carbonyl (C=O) groups is 1. The third-order valence-electron chi connectivity index (χ3n) is 4.62. The van der Waals surface area contributed by atoms with Crippen molar-refractivity contribution in [3.05, 3.63) is 65.9 Å². The number of piperidine rings is 1. The molecule has 3 aromatic rings. The van der Waals surface area contributed by atoms with Crippen LogP contribution in [0.3, 0.4) is 0 Å². The van der Waals surface area contributed by atoms with Crippen molar-refractivity contribution in [3.8, 4) is 0 Å². The minimum atomic E-state index is -0.461. The largest absolute Gasteiger partial charge is 0.339 e. The van der Waals surface area contributed by atoms with Crippen molar-refractivity contribution in [1.29, 1.82) is 0 Å². The summed E-state index contributed by atoms with van der Waals surface area (Å²) in [6.45, 7) is 1.23. The highest BCUT2D eigenvalue weighted by Crippen LogP contribution is 2.28. The van der Waals surface area contributed by atoms with Gasteiger partial charge in [-0.2, -0.15) is 5.10 Å². The van der Waals surface area contributed by atoms with Crippen molar-refractivity contribution in [2.75, 3.05) is 13.1 Å². The molecule has 1 aromatic carbocycles. The van der Waals surface area contributed by atoms with Crippen LogP contribution in [0.15, 0.2) is 48.8 Å². The highest BCUT2D eigenvalue weighted by Gasteiger charge is 2.27. The molecule has 0 radical (unpaired) electrons. The van der Waals surface area contributed by atoms with Gasteiger partial charge >= 0.3 is 0 Å². The molecule has 1 fully saturated rings. The first-order chi connectivity index (χ1) is 11.7. The van der Waals surface area contributed by atoms with Gasteiger partial charge in [0.05, 0.1) is 11.8 Å². The fourth-order valence-electron chi connectivity index (χ4n) is 3.35. The maximum atomic E-state index is 13.8. The molecule has 0 atom stereocenters. The lowest BCUT2D eigenvalue weighted by Gasteiger charge is -2.32. The quantitative estimate of drug-likeness (QED) is 0.728. The molecule has 3 heterocycles. The third-order valence-corrected chi connectivity index (χ3v) is 4.62. The van der Waals surface area contributed by atoms with Gasteiger partial charge in [0.1, 0.15) is 5.82 Å². The van der Waals surface area contributed by atoms with E-state index < -0.39 is 5.82 Å². The van der Waals surface area contributed by atoms with Crippen LogP contribution < -0.4 is 0 Å².